The van der Waals surface area contributed by atoms with Crippen molar-refractivity contribution in [2.24, 2.45) is 11.3 Å². The van der Waals surface area contributed by atoms with Gasteiger partial charge >= 0.3 is 0 Å². The van der Waals surface area contributed by atoms with Gasteiger partial charge < -0.3 is 10.4 Å². The molecular formula is C10H19NO. The second kappa shape index (κ2) is 3.00. The van der Waals surface area contributed by atoms with Crippen molar-refractivity contribution in [3.8, 4) is 0 Å². The molecule has 70 valence electrons. The van der Waals surface area contributed by atoms with Crippen LogP contribution >= 0.6 is 0 Å². The van der Waals surface area contributed by atoms with Crippen molar-refractivity contribution in [3.05, 3.63) is 0 Å². The highest BCUT2D eigenvalue weighted by atomic mass is 16.3. The third-order valence-electron chi connectivity index (χ3n) is 3.25. The molecular weight excluding hydrogens is 150 g/mol. The lowest BCUT2D eigenvalue weighted by Gasteiger charge is -2.15. The number of rotatable bonds is 5. The van der Waals surface area contributed by atoms with E-state index in [2.05, 4.69) is 5.32 Å². The van der Waals surface area contributed by atoms with Gasteiger partial charge in [-0.05, 0) is 43.9 Å². The van der Waals surface area contributed by atoms with E-state index in [1.54, 1.807) is 0 Å². The molecule has 0 aliphatic heterocycles. The van der Waals surface area contributed by atoms with E-state index in [9.17, 15) is 0 Å². The van der Waals surface area contributed by atoms with Crippen LogP contribution in [-0.2, 0) is 0 Å². The first-order valence-corrected chi connectivity index (χ1v) is 5.12. The van der Waals surface area contributed by atoms with Crippen molar-refractivity contribution in [1.82, 2.24) is 5.32 Å². The van der Waals surface area contributed by atoms with E-state index in [0.717, 1.165) is 19.0 Å². The summed E-state index contributed by atoms with van der Waals surface area (Å²) in [5.41, 5.74) is 0.675. The molecule has 0 aromatic rings. The van der Waals surface area contributed by atoms with E-state index in [1.165, 1.54) is 25.7 Å². The number of aliphatic hydroxyl groups is 1. The summed E-state index contributed by atoms with van der Waals surface area (Å²) in [5, 5.41) is 12.4. The summed E-state index contributed by atoms with van der Waals surface area (Å²) in [6.07, 6.45) is 5.56. The molecule has 0 unspecified atom stereocenters. The molecule has 0 aromatic heterocycles. The highest BCUT2D eigenvalue weighted by Gasteiger charge is 2.53. The van der Waals surface area contributed by atoms with Gasteiger partial charge in [0.2, 0.25) is 0 Å². The third kappa shape index (κ3) is 1.80. The Morgan fingerprint density at radius 2 is 2.17 bits per heavy atom. The van der Waals surface area contributed by atoms with Gasteiger partial charge in [-0.15, -0.1) is 0 Å². The van der Waals surface area contributed by atoms with Crippen LogP contribution in [0.1, 0.15) is 32.6 Å². The number of hydrogen-bond acceptors (Lipinski definition) is 2. The van der Waals surface area contributed by atoms with E-state index in [0.29, 0.717) is 5.41 Å². The standard InChI is InChI=1S/C10H19NO/c1-8(12)6-11-7-10(4-5-10)9-2-3-9/h8-9,11-12H,2-7H2,1H3/t8-/m0/s1. The summed E-state index contributed by atoms with van der Waals surface area (Å²) >= 11 is 0. The van der Waals surface area contributed by atoms with Crippen molar-refractivity contribution in [2.75, 3.05) is 13.1 Å². The predicted molar refractivity (Wildman–Crippen MR) is 48.9 cm³/mol. The summed E-state index contributed by atoms with van der Waals surface area (Å²) in [7, 11) is 0. The fourth-order valence-corrected chi connectivity index (χ4v) is 2.12. The molecule has 12 heavy (non-hydrogen) atoms. The number of nitrogens with one attached hydrogen (secondary N) is 1. The van der Waals surface area contributed by atoms with Crippen molar-refractivity contribution >= 4 is 0 Å². The van der Waals surface area contributed by atoms with Gasteiger partial charge in [-0.25, -0.2) is 0 Å². The molecule has 2 aliphatic rings. The maximum absolute atomic E-state index is 9.06. The molecule has 0 heterocycles. The van der Waals surface area contributed by atoms with E-state index in [4.69, 9.17) is 5.11 Å². The Balaban J connectivity index is 1.65. The van der Waals surface area contributed by atoms with Crippen molar-refractivity contribution in [2.45, 2.75) is 38.7 Å². The smallest absolute Gasteiger partial charge is 0.0636 e. The highest BCUT2D eigenvalue weighted by molar-refractivity contribution is 5.04. The van der Waals surface area contributed by atoms with Crippen molar-refractivity contribution in [3.63, 3.8) is 0 Å². The van der Waals surface area contributed by atoms with Crippen LogP contribution < -0.4 is 5.32 Å². The fraction of sp³-hybridized carbons (Fsp3) is 1.00. The first-order valence-electron chi connectivity index (χ1n) is 5.12. The zero-order valence-corrected chi connectivity index (χ0v) is 7.84. The van der Waals surface area contributed by atoms with E-state index < -0.39 is 0 Å². The van der Waals surface area contributed by atoms with Crippen LogP contribution in [0.4, 0.5) is 0 Å². The summed E-state index contributed by atoms with van der Waals surface area (Å²) in [6.45, 7) is 3.74. The SMILES string of the molecule is C[C@H](O)CNCC1(C2CC2)CC1. The van der Waals surface area contributed by atoms with Gasteiger partial charge in [0.05, 0.1) is 6.10 Å². The van der Waals surface area contributed by atoms with E-state index >= 15 is 0 Å². The first-order chi connectivity index (χ1) is 5.73. The molecule has 2 N–H and O–H groups in total. The summed E-state index contributed by atoms with van der Waals surface area (Å²) in [5.74, 6) is 1.03. The maximum atomic E-state index is 9.06. The Bertz CT molecular complexity index is 159. The van der Waals surface area contributed by atoms with Crippen molar-refractivity contribution in [1.29, 1.82) is 0 Å². The first kappa shape index (κ1) is 8.52. The average molecular weight is 169 g/mol. The Hall–Kier alpha value is -0.0800. The van der Waals surface area contributed by atoms with Crippen molar-refractivity contribution < 1.29 is 5.11 Å². The second-order valence-electron chi connectivity index (χ2n) is 4.62. The summed E-state index contributed by atoms with van der Waals surface area (Å²) in [4.78, 5) is 0. The lowest BCUT2D eigenvalue weighted by Crippen LogP contribution is -2.31. The molecule has 2 aliphatic carbocycles. The van der Waals surface area contributed by atoms with Gasteiger partial charge in [0.1, 0.15) is 0 Å². The zero-order valence-electron chi connectivity index (χ0n) is 7.84. The van der Waals surface area contributed by atoms with Gasteiger partial charge in [0, 0.05) is 13.1 Å². The normalized spacial score (nSPS) is 28.5. The van der Waals surface area contributed by atoms with E-state index in [1.807, 2.05) is 6.92 Å². The summed E-state index contributed by atoms with van der Waals surface area (Å²) in [6, 6.07) is 0. The Morgan fingerprint density at radius 1 is 1.50 bits per heavy atom. The largest absolute Gasteiger partial charge is 0.392 e. The molecule has 2 nitrogen and oxygen atoms in total. The molecule has 0 aromatic carbocycles. The number of hydrogen-bond donors (Lipinski definition) is 2. The molecule has 1 atom stereocenters. The molecule has 0 saturated heterocycles. The molecule has 0 amide bonds. The van der Waals surface area contributed by atoms with Gasteiger partial charge in [-0.2, -0.15) is 0 Å². The van der Waals surface area contributed by atoms with Crippen LogP contribution in [0, 0.1) is 11.3 Å². The lowest BCUT2D eigenvalue weighted by molar-refractivity contribution is 0.187. The van der Waals surface area contributed by atoms with Gasteiger partial charge in [-0.3, -0.25) is 0 Å². The second-order valence-corrected chi connectivity index (χ2v) is 4.62. The molecule has 0 spiro atoms. The van der Waals surface area contributed by atoms with Crippen LogP contribution in [0.25, 0.3) is 0 Å². The van der Waals surface area contributed by atoms with Gasteiger partial charge in [0.25, 0.3) is 0 Å². The molecule has 2 rings (SSSR count). The van der Waals surface area contributed by atoms with Gasteiger partial charge in [0.15, 0.2) is 0 Å². The minimum Gasteiger partial charge on any atom is -0.392 e. The Kier molecular flexibility index (Phi) is 2.13. The zero-order chi connectivity index (χ0) is 8.60. The minimum atomic E-state index is -0.194. The predicted octanol–water partition coefficient (Wildman–Crippen LogP) is 1.15. The lowest BCUT2D eigenvalue weighted by atomic mass is 10.0. The Morgan fingerprint density at radius 3 is 2.58 bits per heavy atom. The quantitative estimate of drug-likeness (QED) is 0.647. The third-order valence-corrected chi connectivity index (χ3v) is 3.25. The van der Waals surface area contributed by atoms with Crippen LogP contribution in [0.15, 0.2) is 0 Å². The van der Waals surface area contributed by atoms with Crippen LogP contribution in [0.2, 0.25) is 0 Å². The highest BCUT2D eigenvalue weighted by Crippen LogP contribution is 2.60. The summed E-state index contributed by atoms with van der Waals surface area (Å²) < 4.78 is 0. The van der Waals surface area contributed by atoms with Crippen LogP contribution in [-0.4, -0.2) is 24.3 Å². The van der Waals surface area contributed by atoms with Crippen LogP contribution in [0.5, 0.6) is 0 Å². The molecule has 0 radical (unpaired) electrons. The molecule has 2 fully saturated rings. The molecule has 0 bridgehead atoms. The topological polar surface area (TPSA) is 32.3 Å². The van der Waals surface area contributed by atoms with E-state index in [-0.39, 0.29) is 6.10 Å². The molecule has 2 heteroatoms. The van der Waals surface area contributed by atoms with Crippen LogP contribution in [0.3, 0.4) is 0 Å². The Labute approximate surface area is 74.4 Å². The average Bonchev–Trinajstić information content (AvgIpc) is 2.82. The maximum Gasteiger partial charge on any atom is 0.0636 e. The molecule has 2 saturated carbocycles. The minimum absolute atomic E-state index is 0.194. The monoisotopic (exact) mass is 169 g/mol. The number of aliphatic hydroxyl groups excluding tert-OH is 1. The fourth-order valence-electron chi connectivity index (χ4n) is 2.12. The van der Waals surface area contributed by atoms with Gasteiger partial charge in [-0.1, -0.05) is 0 Å².